The standard InChI is InChI=1S/C6H12O4/c1-9-5-3-10-6(8)2-4(5)7/h4-8H,2-3H2,1H3/t4-,5-,6?/m0/s1. The van der Waals surface area contributed by atoms with Crippen LogP contribution in [0, 0.1) is 0 Å². The molecule has 0 aromatic carbocycles. The zero-order valence-corrected chi connectivity index (χ0v) is 5.86. The molecule has 10 heavy (non-hydrogen) atoms. The number of hydrogen-bond acceptors (Lipinski definition) is 4. The molecule has 3 atom stereocenters. The Labute approximate surface area is 59.4 Å². The predicted octanol–water partition coefficient (Wildman–Crippen LogP) is -0.899. The summed E-state index contributed by atoms with van der Waals surface area (Å²) in [5, 5.41) is 18.0. The molecule has 1 unspecified atom stereocenters. The van der Waals surface area contributed by atoms with Crippen LogP contribution in [0.2, 0.25) is 0 Å². The zero-order chi connectivity index (χ0) is 7.56. The SMILES string of the molecule is CO[C@H]1COC(O)C[C@@H]1O. The maximum absolute atomic E-state index is 9.17. The summed E-state index contributed by atoms with van der Waals surface area (Å²) in [7, 11) is 1.51. The third-order valence-electron chi connectivity index (χ3n) is 1.63. The van der Waals surface area contributed by atoms with E-state index < -0.39 is 12.4 Å². The molecule has 0 radical (unpaired) electrons. The lowest BCUT2D eigenvalue weighted by Crippen LogP contribution is -2.42. The Bertz CT molecular complexity index is 106. The molecule has 0 aromatic heterocycles. The van der Waals surface area contributed by atoms with Gasteiger partial charge in [-0.3, -0.25) is 0 Å². The van der Waals surface area contributed by atoms with Gasteiger partial charge in [0.15, 0.2) is 6.29 Å². The van der Waals surface area contributed by atoms with Crippen LogP contribution in [0.1, 0.15) is 6.42 Å². The quantitative estimate of drug-likeness (QED) is 0.506. The van der Waals surface area contributed by atoms with Gasteiger partial charge >= 0.3 is 0 Å². The minimum atomic E-state index is -0.832. The van der Waals surface area contributed by atoms with Gasteiger partial charge in [0, 0.05) is 13.5 Å². The molecule has 0 aromatic rings. The lowest BCUT2D eigenvalue weighted by molar-refractivity contribution is -0.200. The van der Waals surface area contributed by atoms with Crippen molar-refractivity contribution in [3.63, 3.8) is 0 Å². The largest absolute Gasteiger partial charge is 0.390 e. The molecule has 1 heterocycles. The molecule has 1 aliphatic heterocycles. The van der Waals surface area contributed by atoms with Crippen LogP contribution in [0.3, 0.4) is 0 Å². The van der Waals surface area contributed by atoms with Gasteiger partial charge in [-0.1, -0.05) is 0 Å². The number of aliphatic hydroxyl groups is 2. The van der Waals surface area contributed by atoms with Gasteiger partial charge in [0.25, 0.3) is 0 Å². The van der Waals surface area contributed by atoms with Crippen LogP contribution < -0.4 is 0 Å². The van der Waals surface area contributed by atoms with Crippen molar-refractivity contribution in [2.24, 2.45) is 0 Å². The van der Waals surface area contributed by atoms with Crippen LogP contribution in [0.4, 0.5) is 0 Å². The molecule has 1 aliphatic rings. The van der Waals surface area contributed by atoms with E-state index in [9.17, 15) is 5.11 Å². The minimum Gasteiger partial charge on any atom is -0.390 e. The first-order chi connectivity index (χ1) is 4.74. The van der Waals surface area contributed by atoms with Crippen LogP contribution in [0.5, 0.6) is 0 Å². The molecule has 0 spiro atoms. The Kier molecular flexibility index (Phi) is 2.62. The summed E-state index contributed by atoms with van der Waals surface area (Å²) in [6.45, 7) is 0.263. The second kappa shape index (κ2) is 3.30. The first-order valence-corrected chi connectivity index (χ1v) is 3.24. The highest BCUT2D eigenvalue weighted by Crippen LogP contribution is 2.13. The molecule has 4 heteroatoms. The number of hydrogen-bond donors (Lipinski definition) is 2. The van der Waals surface area contributed by atoms with Crippen LogP contribution in [-0.2, 0) is 9.47 Å². The van der Waals surface area contributed by atoms with Crippen molar-refractivity contribution < 1.29 is 19.7 Å². The van der Waals surface area contributed by atoms with E-state index in [1.165, 1.54) is 7.11 Å². The van der Waals surface area contributed by atoms with E-state index in [0.29, 0.717) is 0 Å². The van der Waals surface area contributed by atoms with E-state index in [1.807, 2.05) is 0 Å². The Hall–Kier alpha value is -0.160. The average molecular weight is 148 g/mol. The fourth-order valence-electron chi connectivity index (χ4n) is 0.969. The third kappa shape index (κ3) is 1.67. The molecule has 1 saturated heterocycles. The Balaban J connectivity index is 2.36. The lowest BCUT2D eigenvalue weighted by atomic mass is 10.1. The third-order valence-corrected chi connectivity index (χ3v) is 1.63. The fourth-order valence-corrected chi connectivity index (χ4v) is 0.969. The van der Waals surface area contributed by atoms with Gasteiger partial charge in [-0.05, 0) is 0 Å². The van der Waals surface area contributed by atoms with Gasteiger partial charge < -0.3 is 19.7 Å². The summed E-state index contributed by atoms with van der Waals surface area (Å²) >= 11 is 0. The molecular formula is C6H12O4. The van der Waals surface area contributed by atoms with Crippen LogP contribution >= 0.6 is 0 Å². The van der Waals surface area contributed by atoms with Gasteiger partial charge in [-0.2, -0.15) is 0 Å². The topological polar surface area (TPSA) is 58.9 Å². The highest BCUT2D eigenvalue weighted by molar-refractivity contribution is 4.73. The summed E-state index contributed by atoms with van der Waals surface area (Å²) in [5.41, 5.74) is 0. The summed E-state index contributed by atoms with van der Waals surface area (Å²) in [6.07, 6.45) is -1.49. The van der Waals surface area contributed by atoms with E-state index in [0.717, 1.165) is 0 Å². The highest BCUT2D eigenvalue weighted by atomic mass is 16.6. The van der Waals surface area contributed by atoms with Crippen molar-refractivity contribution in [3.05, 3.63) is 0 Å². The average Bonchev–Trinajstić information content (AvgIpc) is 1.88. The summed E-state index contributed by atoms with van der Waals surface area (Å²) in [4.78, 5) is 0. The predicted molar refractivity (Wildman–Crippen MR) is 33.4 cm³/mol. The smallest absolute Gasteiger partial charge is 0.157 e. The van der Waals surface area contributed by atoms with E-state index in [4.69, 9.17) is 14.6 Å². The van der Waals surface area contributed by atoms with Crippen LogP contribution in [0.15, 0.2) is 0 Å². The van der Waals surface area contributed by atoms with Crippen molar-refractivity contribution in [3.8, 4) is 0 Å². The van der Waals surface area contributed by atoms with Gasteiger partial charge in [-0.25, -0.2) is 0 Å². The maximum Gasteiger partial charge on any atom is 0.157 e. The summed E-state index contributed by atoms with van der Waals surface area (Å²) in [6, 6.07) is 0. The number of ether oxygens (including phenoxy) is 2. The van der Waals surface area contributed by atoms with Crippen molar-refractivity contribution >= 4 is 0 Å². The second-order valence-electron chi connectivity index (χ2n) is 2.37. The number of rotatable bonds is 1. The molecule has 2 N–H and O–H groups in total. The fraction of sp³-hybridized carbons (Fsp3) is 1.00. The van der Waals surface area contributed by atoms with Crippen molar-refractivity contribution in [1.82, 2.24) is 0 Å². The molecule has 1 fully saturated rings. The zero-order valence-electron chi connectivity index (χ0n) is 5.86. The molecular weight excluding hydrogens is 136 g/mol. The first kappa shape index (κ1) is 7.94. The van der Waals surface area contributed by atoms with Crippen LogP contribution in [0.25, 0.3) is 0 Å². The summed E-state index contributed by atoms with van der Waals surface area (Å²) in [5.74, 6) is 0. The van der Waals surface area contributed by atoms with Gasteiger partial charge in [0.2, 0.25) is 0 Å². The minimum absolute atomic E-state index is 0.235. The molecule has 0 bridgehead atoms. The van der Waals surface area contributed by atoms with E-state index in [2.05, 4.69) is 0 Å². The molecule has 60 valence electrons. The summed E-state index contributed by atoms with van der Waals surface area (Å²) < 4.78 is 9.69. The number of methoxy groups -OCH3 is 1. The number of aliphatic hydroxyl groups excluding tert-OH is 2. The second-order valence-corrected chi connectivity index (χ2v) is 2.37. The molecule has 0 aliphatic carbocycles. The molecule has 0 saturated carbocycles. The Morgan fingerprint density at radius 3 is 2.70 bits per heavy atom. The van der Waals surface area contributed by atoms with Gasteiger partial charge in [-0.15, -0.1) is 0 Å². The van der Waals surface area contributed by atoms with E-state index >= 15 is 0 Å². The van der Waals surface area contributed by atoms with E-state index in [1.54, 1.807) is 0 Å². The molecule has 1 rings (SSSR count). The Morgan fingerprint density at radius 1 is 1.50 bits per heavy atom. The molecule has 4 nitrogen and oxygen atoms in total. The Morgan fingerprint density at radius 2 is 2.20 bits per heavy atom. The molecule has 0 amide bonds. The van der Waals surface area contributed by atoms with Gasteiger partial charge in [0.1, 0.15) is 6.10 Å². The van der Waals surface area contributed by atoms with Crippen molar-refractivity contribution in [2.75, 3.05) is 13.7 Å². The van der Waals surface area contributed by atoms with Crippen molar-refractivity contribution in [2.45, 2.75) is 24.9 Å². The first-order valence-electron chi connectivity index (χ1n) is 3.24. The monoisotopic (exact) mass is 148 g/mol. The maximum atomic E-state index is 9.17. The van der Waals surface area contributed by atoms with Crippen LogP contribution in [-0.4, -0.2) is 42.4 Å². The highest BCUT2D eigenvalue weighted by Gasteiger charge is 2.28. The van der Waals surface area contributed by atoms with Gasteiger partial charge in [0.05, 0.1) is 12.7 Å². The van der Waals surface area contributed by atoms with E-state index in [-0.39, 0.29) is 19.1 Å². The lowest BCUT2D eigenvalue weighted by Gasteiger charge is -2.29. The normalized spacial score (nSPS) is 41.7. The van der Waals surface area contributed by atoms with Crippen molar-refractivity contribution in [1.29, 1.82) is 0 Å².